The number of hydrogen-bond acceptors (Lipinski definition) is 1. The van der Waals surface area contributed by atoms with Gasteiger partial charge in [-0.1, -0.05) is 31.2 Å². The Bertz CT molecular complexity index is 385. The van der Waals surface area contributed by atoms with Crippen LogP contribution in [0.2, 0.25) is 0 Å². The fourth-order valence-corrected chi connectivity index (χ4v) is 3.40. The van der Waals surface area contributed by atoms with Crippen LogP contribution in [0.3, 0.4) is 0 Å². The van der Waals surface area contributed by atoms with Crippen LogP contribution in [0.25, 0.3) is 0 Å². The maximum absolute atomic E-state index is 2.54. The van der Waals surface area contributed by atoms with Crippen LogP contribution in [0.4, 0.5) is 0 Å². The van der Waals surface area contributed by atoms with Crippen molar-refractivity contribution in [3.05, 3.63) is 35.4 Å². The van der Waals surface area contributed by atoms with Gasteiger partial charge in [0.25, 0.3) is 0 Å². The second-order valence-corrected chi connectivity index (χ2v) is 5.51. The summed E-state index contributed by atoms with van der Waals surface area (Å²) in [5, 5.41) is 0. The molecule has 0 spiro atoms. The Morgan fingerprint density at radius 1 is 1.33 bits per heavy atom. The van der Waals surface area contributed by atoms with E-state index < -0.39 is 0 Å². The van der Waals surface area contributed by atoms with Gasteiger partial charge in [-0.15, -0.1) is 0 Å². The van der Waals surface area contributed by atoms with Gasteiger partial charge in [-0.3, -0.25) is 0 Å². The summed E-state index contributed by atoms with van der Waals surface area (Å²) < 4.78 is 0. The van der Waals surface area contributed by atoms with E-state index in [4.69, 9.17) is 0 Å². The molecule has 0 radical (unpaired) electrons. The van der Waals surface area contributed by atoms with Crippen LogP contribution in [0.15, 0.2) is 24.3 Å². The van der Waals surface area contributed by atoms with E-state index in [1.54, 1.807) is 11.1 Å². The van der Waals surface area contributed by atoms with Crippen LogP contribution < -0.4 is 0 Å². The zero-order valence-corrected chi connectivity index (χ0v) is 9.66. The van der Waals surface area contributed by atoms with Crippen LogP contribution in [0, 0.1) is 0 Å². The Morgan fingerprint density at radius 3 is 3.00 bits per heavy atom. The third-order valence-corrected chi connectivity index (χ3v) is 4.45. The summed E-state index contributed by atoms with van der Waals surface area (Å²) in [7, 11) is 2.28. The molecule has 2 unspecified atom stereocenters. The topological polar surface area (TPSA) is 3.24 Å². The van der Waals surface area contributed by atoms with Crippen molar-refractivity contribution >= 4 is 0 Å². The van der Waals surface area contributed by atoms with E-state index in [2.05, 4.69) is 43.1 Å². The summed E-state index contributed by atoms with van der Waals surface area (Å²) >= 11 is 0. The van der Waals surface area contributed by atoms with Crippen molar-refractivity contribution in [1.82, 2.24) is 4.90 Å². The maximum Gasteiger partial charge on any atom is 0.0141 e. The molecular formula is C14H19N. The molecule has 1 aliphatic heterocycles. The fraction of sp³-hybridized carbons (Fsp3) is 0.571. The van der Waals surface area contributed by atoms with Gasteiger partial charge in [0, 0.05) is 6.04 Å². The molecule has 2 atom stereocenters. The summed E-state index contributed by atoms with van der Waals surface area (Å²) in [6, 6.07) is 9.82. The van der Waals surface area contributed by atoms with E-state index in [1.165, 1.54) is 25.8 Å². The zero-order valence-electron chi connectivity index (χ0n) is 9.66. The molecule has 80 valence electrons. The van der Waals surface area contributed by atoms with Crippen molar-refractivity contribution in [2.45, 2.75) is 37.6 Å². The average Bonchev–Trinajstić information content (AvgIpc) is 2.25. The Kier molecular flexibility index (Phi) is 1.93. The molecule has 1 nitrogen and oxygen atoms in total. The minimum atomic E-state index is 0.450. The molecule has 3 rings (SSSR count). The SMILES string of the molecule is CN1CCC2(C)CC1Cc1ccccc12. The molecule has 0 amide bonds. The van der Waals surface area contributed by atoms with Crippen LogP contribution in [0.1, 0.15) is 30.9 Å². The van der Waals surface area contributed by atoms with E-state index in [0.29, 0.717) is 5.41 Å². The lowest BCUT2D eigenvalue weighted by atomic mass is 9.65. The Morgan fingerprint density at radius 2 is 2.13 bits per heavy atom. The summed E-state index contributed by atoms with van der Waals surface area (Å²) in [6.45, 7) is 3.71. The van der Waals surface area contributed by atoms with E-state index in [1.807, 2.05) is 0 Å². The summed E-state index contributed by atoms with van der Waals surface area (Å²) in [5.74, 6) is 0. The first-order valence-corrected chi connectivity index (χ1v) is 5.98. The lowest BCUT2D eigenvalue weighted by Gasteiger charge is -2.48. The minimum absolute atomic E-state index is 0.450. The molecule has 2 bridgehead atoms. The number of benzene rings is 1. The molecule has 1 saturated heterocycles. The fourth-order valence-electron chi connectivity index (χ4n) is 3.40. The van der Waals surface area contributed by atoms with Gasteiger partial charge in [0.2, 0.25) is 0 Å². The van der Waals surface area contributed by atoms with E-state index in [-0.39, 0.29) is 0 Å². The standard InChI is InChI=1S/C14H19N/c1-14-7-8-15(2)12(10-14)9-11-5-3-4-6-13(11)14/h3-6,12H,7-10H2,1-2H3. The van der Waals surface area contributed by atoms with Gasteiger partial charge < -0.3 is 4.90 Å². The third kappa shape index (κ3) is 1.33. The summed E-state index contributed by atoms with van der Waals surface area (Å²) in [4.78, 5) is 2.54. The number of hydrogen-bond donors (Lipinski definition) is 0. The Balaban J connectivity index is 2.10. The van der Waals surface area contributed by atoms with Crippen molar-refractivity contribution in [1.29, 1.82) is 0 Å². The minimum Gasteiger partial charge on any atom is -0.303 e. The first kappa shape index (κ1) is 9.41. The van der Waals surface area contributed by atoms with Gasteiger partial charge >= 0.3 is 0 Å². The van der Waals surface area contributed by atoms with Gasteiger partial charge in [-0.2, -0.15) is 0 Å². The molecule has 0 N–H and O–H groups in total. The van der Waals surface area contributed by atoms with Gasteiger partial charge in [0.05, 0.1) is 0 Å². The highest BCUT2D eigenvalue weighted by Crippen LogP contribution is 2.43. The Labute approximate surface area is 92.1 Å². The molecule has 1 heteroatoms. The molecule has 0 saturated carbocycles. The molecule has 2 aliphatic rings. The van der Waals surface area contributed by atoms with Crippen molar-refractivity contribution in [2.75, 3.05) is 13.6 Å². The van der Waals surface area contributed by atoms with E-state index >= 15 is 0 Å². The molecule has 1 aromatic carbocycles. The van der Waals surface area contributed by atoms with Crippen molar-refractivity contribution < 1.29 is 0 Å². The Hall–Kier alpha value is -0.820. The molecule has 0 aromatic heterocycles. The summed E-state index contributed by atoms with van der Waals surface area (Å²) in [5.41, 5.74) is 3.66. The molecular weight excluding hydrogens is 182 g/mol. The first-order valence-electron chi connectivity index (χ1n) is 5.98. The third-order valence-electron chi connectivity index (χ3n) is 4.45. The van der Waals surface area contributed by atoms with Gasteiger partial charge in [0.1, 0.15) is 0 Å². The van der Waals surface area contributed by atoms with Crippen LogP contribution in [0.5, 0.6) is 0 Å². The zero-order chi connectivity index (χ0) is 10.5. The smallest absolute Gasteiger partial charge is 0.0141 e. The van der Waals surface area contributed by atoms with Crippen molar-refractivity contribution in [3.63, 3.8) is 0 Å². The molecule has 1 aliphatic carbocycles. The van der Waals surface area contributed by atoms with Crippen LogP contribution in [-0.4, -0.2) is 24.5 Å². The number of fused-ring (bicyclic) bond motifs is 4. The van der Waals surface area contributed by atoms with E-state index in [0.717, 1.165) is 6.04 Å². The molecule has 1 heterocycles. The lowest BCUT2D eigenvalue weighted by molar-refractivity contribution is 0.113. The highest BCUT2D eigenvalue weighted by Gasteiger charge is 2.41. The monoisotopic (exact) mass is 201 g/mol. The van der Waals surface area contributed by atoms with Gasteiger partial charge in [0.15, 0.2) is 0 Å². The average molecular weight is 201 g/mol. The van der Waals surface area contributed by atoms with Crippen LogP contribution in [-0.2, 0) is 11.8 Å². The van der Waals surface area contributed by atoms with Crippen molar-refractivity contribution in [2.24, 2.45) is 0 Å². The predicted molar refractivity (Wildman–Crippen MR) is 63.2 cm³/mol. The normalized spacial score (nSPS) is 34.9. The summed E-state index contributed by atoms with van der Waals surface area (Å²) in [6.07, 6.45) is 3.92. The second-order valence-electron chi connectivity index (χ2n) is 5.51. The number of nitrogens with zero attached hydrogens (tertiary/aromatic N) is 1. The predicted octanol–water partition coefficient (Wildman–Crippen LogP) is 2.59. The van der Waals surface area contributed by atoms with Gasteiger partial charge in [-0.25, -0.2) is 0 Å². The maximum atomic E-state index is 2.54. The highest BCUT2D eigenvalue weighted by molar-refractivity contribution is 5.38. The molecule has 1 aromatic rings. The first-order chi connectivity index (χ1) is 7.19. The largest absolute Gasteiger partial charge is 0.303 e. The number of rotatable bonds is 0. The second kappa shape index (κ2) is 3.08. The van der Waals surface area contributed by atoms with Crippen molar-refractivity contribution in [3.8, 4) is 0 Å². The number of likely N-dealkylation sites (N-methyl/N-ethyl adjacent to an activating group) is 1. The quantitative estimate of drug-likeness (QED) is 0.623. The van der Waals surface area contributed by atoms with Crippen LogP contribution >= 0.6 is 0 Å². The number of likely N-dealkylation sites (tertiary alicyclic amines) is 1. The lowest BCUT2D eigenvalue weighted by Crippen LogP contribution is -2.50. The molecule has 15 heavy (non-hydrogen) atoms. The number of piperidine rings is 1. The van der Waals surface area contributed by atoms with E-state index in [9.17, 15) is 0 Å². The van der Waals surface area contributed by atoms with Gasteiger partial charge in [-0.05, 0) is 49.4 Å². The highest BCUT2D eigenvalue weighted by atomic mass is 15.1. The molecule has 1 fully saturated rings.